The minimum absolute atomic E-state index is 0.293. The highest BCUT2D eigenvalue weighted by atomic mass is 16.5. The van der Waals surface area contributed by atoms with Crippen molar-refractivity contribution in [1.29, 1.82) is 0 Å². The Kier molecular flexibility index (Phi) is 3.89. The topological polar surface area (TPSA) is 78.8 Å². The summed E-state index contributed by atoms with van der Waals surface area (Å²) in [6.07, 6.45) is 0. The number of aromatic nitrogens is 4. The van der Waals surface area contributed by atoms with Gasteiger partial charge in [0.2, 0.25) is 5.82 Å². The summed E-state index contributed by atoms with van der Waals surface area (Å²) >= 11 is 0. The highest BCUT2D eigenvalue weighted by Crippen LogP contribution is 2.12. The van der Waals surface area contributed by atoms with Crippen LogP contribution in [0.25, 0.3) is 0 Å². The van der Waals surface area contributed by atoms with Crippen LogP contribution in [0.3, 0.4) is 0 Å². The lowest BCUT2D eigenvalue weighted by molar-refractivity contribution is 0.295. The lowest BCUT2D eigenvalue weighted by Crippen LogP contribution is -1.99. The summed E-state index contributed by atoms with van der Waals surface area (Å²) in [5.74, 6) is 7.01. The van der Waals surface area contributed by atoms with Crippen LogP contribution < -0.4 is 10.5 Å². The first kappa shape index (κ1) is 12.1. The fourth-order valence-electron chi connectivity index (χ4n) is 1.32. The Morgan fingerprint density at radius 1 is 1.33 bits per heavy atom. The molecule has 0 aliphatic rings. The van der Waals surface area contributed by atoms with E-state index in [9.17, 15) is 0 Å². The Morgan fingerprint density at radius 2 is 2.11 bits per heavy atom. The molecule has 92 valence electrons. The first-order chi connectivity index (χ1) is 8.78. The van der Waals surface area contributed by atoms with Gasteiger partial charge in [-0.3, -0.25) is 0 Å². The molecule has 0 fully saturated rings. The molecule has 0 radical (unpaired) electrons. The molecule has 2 rings (SSSR count). The third-order valence-electron chi connectivity index (χ3n) is 2.11. The minimum atomic E-state index is 0.293. The second kappa shape index (κ2) is 5.80. The van der Waals surface area contributed by atoms with Crippen LogP contribution in [-0.2, 0) is 13.7 Å². The van der Waals surface area contributed by atoms with Gasteiger partial charge < -0.3 is 10.5 Å². The molecule has 1 aromatic heterocycles. The van der Waals surface area contributed by atoms with E-state index >= 15 is 0 Å². The molecule has 0 spiro atoms. The zero-order chi connectivity index (χ0) is 12.8. The van der Waals surface area contributed by atoms with Crippen LogP contribution in [0, 0.1) is 11.8 Å². The summed E-state index contributed by atoms with van der Waals surface area (Å²) in [7, 11) is 1.71. The zero-order valence-corrected chi connectivity index (χ0v) is 10.00. The molecule has 0 saturated heterocycles. The molecule has 6 heteroatoms. The van der Waals surface area contributed by atoms with E-state index in [1.54, 1.807) is 7.05 Å². The molecule has 0 atom stereocenters. The summed E-state index contributed by atoms with van der Waals surface area (Å²) in [6, 6.07) is 7.44. The summed E-state index contributed by atoms with van der Waals surface area (Å²) in [4.78, 5) is 1.39. The monoisotopic (exact) mass is 243 g/mol. The van der Waals surface area contributed by atoms with Gasteiger partial charge in [0.1, 0.15) is 5.75 Å². The average Bonchev–Trinajstić information content (AvgIpc) is 2.81. The van der Waals surface area contributed by atoms with E-state index in [2.05, 4.69) is 27.3 Å². The van der Waals surface area contributed by atoms with Gasteiger partial charge in [0.25, 0.3) is 0 Å². The van der Waals surface area contributed by atoms with Crippen LogP contribution >= 0.6 is 0 Å². The molecule has 0 bridgehead atoms. The van der Waals surface area contributed by atoms with E-state index in [0.29, 0.717) is 19.0 Å². The molecular formula is C12H13N5O. The Balaban J connectivity index is 1.94. The molecule has 1 aromatic carbocycles. The third-order valence-corrected chi connectivity index (χ3v) is 2.11. The van der Waals surface area contributed by atoms with E-state index < -0.39 is 0 Å². The molecular weight excluding hydrogens is 230 g/mol. The Hall–Kier alpha value is -2.39. The summed E-state index contributed by atoms with van der Waals surface area (Å²) in [5.41, 5.74) is 6.21. The lowest BCUT2D eigenvalue weighted by atomic mass is 10.2. The predicted molar refractivity (Wildman–Crippen MR) is 65.5 cm³/mol. The van der Waals surface area contributed by atoms with Gasteiger partial charge in [-0.05, 0) is 29.5 Å². The normalized spacial score (nSPS) is 9.67. The molecule has 0 saturated carbocycles. The van der Waals surface area contributed by atoms with Gasteiger partial charge in [-0.15, -0.1) is 10.2 Å². The van der Waals surface area contributed by atoms with Crippen LogP contribution in [-0.4, -0.2) is 26.8 Å². The molecule has 2 aromatic rings. The molecule has 2 N–H and O–H groups in total. The molecule has 6 nitrogen and oxygen atoms in total. The maximum absolute atomic E-state index is 5.51. The molecule has 1 heterocycles. The van der Waals surface area contributed by atoms with Crippen molar-refractivity contribution in [3.8, 4) is 17.6 Å². The highest BCUT2D eigenvalue weighted by molar-refractivity contribution is 5.38. The van der Waals surface area contributed by atoms with Gasteiger partial charge in [0.05, 0.1) is 13.6 Å². The number of hydrogen-bond acceptors (Lipinski definition) is 5. The maximum Gasteiger partial charge on any atom is 0.212 e. The predicted octanol–water partition coefficient (Wildman–Crippen LogP) is 0.0993. The molecule has 0 aliphatic heterocycles. The van der Waals surface area contributed by atoms with Gasteiger partial charge in [0.15, 0.2) is 6.61 Å². The second-order valence-electron chi connectivity index (χ2n) is 3.51. The number of nitrogens with zero attached hydrogens (tertiary/aromatic N) is 4. The van der Waals surface area contributed by atoms with Crippen LogP contribution in [0.2, 0.25) is 0 Å². The number of nitrogens with two attached hydrogens (primary N) is 1. The first-order valence-corrected chi connectivity index (χ1v) is 5.42. The van der Waals surface area contributed by atoms with E-state index in [1.807, 2.05) is 24.3 Å². The fraction of sp³-hybridized carbons (Fsp3) is 0.250. The van der Waals surface area contributed by atoms with E-state index in [1.165, 1.54) is 4.80 Å². The zero-order valence-electron chi connectivity index (χ0n) is 10.00. The summed E-state index contributed by atoms with van der Waals surface area (Å²) in [5, 5.41) is 11.6. The number of tetrazole rings is 1. The van der Waals surface area contributed by atoms with E-state index in [0.717, 1.165) is 11.3 Å². The van der Waals surface area contributed by atoms with Crippen molar-refractivity contribution in [3.63, 3.8) is 0 Å². The highest BCUT2D eigenvalue weighted by Gasteiger charge is 2.01. The third kappa shape index (κ3) is 3.30. The van der Waals surface area contributed by atoms with Crippen molar-refractivity contribution in [2.75, 3.05) is 6.54 Å². The standard InChI is InChI=1S/C12H13N5O/c1-17-15-12(14-16-17)9-18-11-6-4-10(5-7-11)3-2-8-13/h4-7H,8-9,13H2,1H3. The smallest absolute Gasteiger partial charge is 0.212 e. The molecule has 18 heavy (non-hydrogen) atoms. The SMILES string of the molecule is Cn1nnc(COc2ccc(C#CCN)cc2)n1. The van der Waals surface area contributed by atoms with Crippen molar-refractivity contribution >= 4 is 0 Å². The minimum Gasteiger partial charge on any atom is -0.485 e. The fourth-order valence-corrected chi connectivity index (χ4v) is 1.32. The Morgan fingerprint density at radius 3 is 2.72 bits per heavy atom. The molecule has 0 aliphatic carbocycles. The van der Waals surface area contributed by atoms with E-state index in [4.69, 9.17) is 10.5 Å². The maximum atomic E-state index is 5.51. The van der Waals surface area contributed by atoms with Gasteiger partial charge in [-0.1, -0.05) is 11.8 Å². The van der Waals surface area contributed by atoms with Gasteiger partial charge >= 0.3 is 0 Å². The van der Waals surface area contributed by atoms with Crippen molar-refractivity contribution in [2.24, 2.45) is 12.8 Å². The van der Waals surface area contributed by atoms with E-state index in [-0.39, 0.29) is 0 Å². The number of benzene rings is 1. The lowest BCUT2D eigenvalue weighted by Gasteiger charge is -2.02. The average molecular weight is 243 g/mol. The van der Waals surface area contributed by atoms with Crippen LogP contribution in [0.1, 0.15) is 11.4 Å². The largest absolute Gasteiger partial charge is 0.485 e. The van der Waals surface area contributed by atoms with Crippen molar-refractivity contribution in [1.82, 2.24) is 20.2 Å². The number of rotatable bonds is 3. The van der Waals surface area contributed by atoms with Crippen molar-refractivity contribution < 1.29 is 4.74 Å². The van der Waals surface area contributed by atoms with Crippen molar-refractivity contribution in [3.05, 3.63) is 35.7 Å². The van der Waals surface area contributed by atoms with Crippen LogP contribution in [0.15, 0.2) is 24.3 Å². The second-order valence-corrected chi connectivity index (χ2v) is 3.51. The van der Waals surface area contributed by atoms with Gasteiger partial charge in [-0.25, -0.2) is 0 Å². The quantitative estimate of drug-likeness (QED) is 0.773. The number of ether oxygens (including phenoxy) is 1. The van der Waals surface area contributed by atoms with Gasteiger partial charge in [-0.2, -0.15) is 4.80 Å². The van der Waals surface area contributed by atoms with Gasteiger partial charge in [0, 0.05) is 5.56 Å². The Bertz CT molecular complexity index is 564. The Labute approximate surface area is 105 Å². The number of aryl methyl sites for hydroxylation is 1. The van der Waals surface area contributed by atoms with Crippen LogP contribution in [0.5, 0.6) is 5.75 Å². The number of hydrogen-bond donors (Lipinski definition) is 1. The summed E-state index contributed by atoms with van der Waals surface area (Å²) in [6.45, 7) is 0.651. The first-order valence-electron chi connectivity index (χ1n) is 5.42. The van der Waals surface area contributed by atoms with Crippen LogP contribution in [0.4, 0.5) is 0 Å². The molecule has 0 amide bonds. The summed E-state index contributed by atoms with van der Waals surface area (Å²) < 4.78 is 5.51. The molecule has 0 unspecified atom stereocenters. The van der Waals surface area contributed by atoms with Crippen molar-refractivity contribution in [2.45, 2.75) is 6.61 Å².